The number of rotatable bonds is 2. The van der Waals surface area contributed by atoms with Crippen LogP contribution in [-0.4, -0.2) is 62.5 Å². The van der Waals surface area contributed by atoms with E-state index < -0.39 is 18.1 Å². The lowest BCUT2D eigenvalue weighted by atomic mass is 10.1. The molecule has 2 bridgehead atoms. The minimum Gasteiger partial charge on any atom is -0.361 e. The molecule has 10 heteroatoms. The van der Waals surface area contributed by atoms with Crippen LogP contribution < -0.4 is 4.90 Å². The number of fused-ring (bicyclic) bond motifs is 6. The Bertz CT molecular complexity index is 1370. The summed E-state index contributed by atoms with van der Waals surface area (Å²) in [5, 5.41) is 13.7. The number of nitriles is 1. The fourth-order valence-corrected chi connectivity index (χ4v) is 5.17. The Morgan fingerprint density at radius 1 is 1.28 bits per heavy atom. The predicted octanol–water partition coefficient (Wildman–Crippen LogP) is 1.84. The first-order valence-corrected chi connectivity index (χ1v) is 10.2. The topological polar surface area (TPSA) is 124 Å². The highest BCUT2D eigenvalue weighted by Crippen LogP contribution is 2.44. The highest BCUT2D eigenvalue weighted by atomic mass is 16.5. The van der Waals surface area contributed by atoms with Crippen molar-refractivity contribution >= 4 is 34.4 Å². The van der Waals surface area contributed by atoms with Crippen molar-refractivity contribution in [1.29, 1.82) is 5.26 Å². The van der Waals surface area contributed by atoms with Crippen LogP contribution in [0.5, 0.6) is 0 Å². The van der Waals surface area contributed by atoms with Gasteiger partial charge in [-0.1, -0.05) is 5.16 Å². The lowest BCUT2D eigenvalue weighted by Gasteiger charge is -2.34. The number of carbonyl (C=O) groups is 3. The predicted molar refractivity (Wildman–Crippen MR) is 109 cm³/mol. The number of pyridine rings is 1. The zero-order valence-corrected chi connectivity index (χ0v) is 16.9. The summed E-state index contributed by atoms with van der Waals surface area (Å²) in [6.45, 7) is 2.05. The van der Waals surface area contributed by atoms with Gasteiger partial charge < -0.3 is 14.3 Å². The van der Waals surface area contributed by atoms with Crippen LogP contribution in [0.25, 0.3) is 10.9 Å². The quantitative estimate of drug-likeness (QED) is 0.571. The summed E-state index contributed by atoms with van der Waals surface area (Å²) in [5.74, 6) is -0.161. The van der Waals surface area contributed by atoms with Gasteiger partial charge in [0.15, 0.2) is 5.69 Å². The van der Waals surface area contributed by atoms with Gasteiger partial charge in [0.2, 0.25) is 0 Å². The lowest BCUT2D eigenvalue weighted by molar-refractivity contribution is -0.121. The van der Waals surface area contributed by atoms with Crippen molar-refractivity contribution in [2.75, 3.05) is 11.4 Å². The molecule has 0 radical (unpaired) electrons. The summed E-state index contributed by atoms with van der Waals surface area (Å²) in [6.07, 6.45) is 2.11. The molecule has 2 aromatic heterocycles. The van der Waals surface area contributed by atoms with Crippen molar-refractivity contribution in [1.82, 2.24) is 19.9 Å². The summed E-state index contributed by atoms with van der Waals surface area (Å²) in [6, 6.07) is 8.43. The molecule has 0 saturated carbocycles. The fourth-order valence-electron chi connectivity index (χ4n) is 5.17. The number of carbonyl (C=O) groups excluding carboxylic acids is 3. The number of piperazine rings is 1. The van der Waals surface area contributed by atoms with Crippen molar-refractivity contribution in [2.24, 2.45) is 0 Å². The average molecular weight is 428 g/mol. The molecule has 158 valence electrons. The van der Waals surface area contributed by atoms with Crippen molar-refractivity contribution < 1.29 is 18.9 Å². The van der Waals surface area contributed by atoms with Crippen LogP contribution in [0.15, 0.2) is 41.1 Å². The molecule has 4 amide bonds. The van der Waals surface area contributed by atoms with E-state index >= 15 is 0 Å². The average Bonchev–Trinajstić information content (AvgIpc) is 3.56. The Morgan fingerprint density at radius 3 is 2.88 bits per heavy atom. The second kappa shape index (κ2) is 6.37. The summed E-state index contributed by atoms with van der Waals surface area (Å²) in [5.41, 5.74) is 1.38. The number of anilines is 1. The molecule has 0 aliphatic carbocycles. The molecule has 3 saturated heterocycles. The number of aromatic nitrogens is 2. The molecule has 3 aromatic rings. The highest BCUT2D eigenvalue weighted by molar-refractivity contribution is 6.25. The van der Waals surface area contributed by atoms with E-state index in [2.05, 4.69) is 16.2 Å². The van der Waals surface area contributed by atoms with E-state index in [9.17, 15) is 19.6 Å². The van der Waals surface area contributed by atoms with Crippen molar-refractivity contribution in [2.45, 2.75) is 31.5 Å². The zero-order valence-electron chi connectivity index (χ0n) is 16.9. The minimum absolute atomic E-state index is 0.194. The van der Waals surface area contributed by atoms with Gasteiger partial charge in [0.05, 0.1) is 28.9 Å². The molecule has 6 rings (SSSR count). The molecule has 0 spiro atoms. The Balaban J connectivity index is 1.38. The van der Waals surface area contributed by atoms with E-state index in [1.807, 2.05) is 0 Å². The number of hydrogen-bond acceptors (Lipinski definition) is 7. The first kappa shape index (κ1) is 18.5. The van der Waals surface area contributed by atoms with Crippen molar-refractivity contribution in [3.63, 3.8) is 0 Å². The lowest BCUT2D eigenvalue weighted by Crippen LogP contribution is -2.54. The standard InChI is InChI=1S/C22H16N6O4/c1-11-7-15(25-32-11)20(29)26-10-13-8-17(26)19-21(30)28(22(31)27(13)19)16-5-4-12(9-23)18-14(16)3-2-6-24-18/h2-7,13,17,19H,8,10H2,1H3. The van der Waals surface area contributed by atoms with Crippen LogP contribution in [0.1, 0.15) is 28.2 Å². The number of benzene rings is 1. The van der Waals surface area contributed by atoms with Gasteiger partial charge in [-0.25, -0.2) is 9.69 Å². The Labute approximate surface area is 181 Å². The monoisotopic (exact) mass is 428 g/mol. The number of imide groups is 1. The number of urea groups is 1. The van der Waals surface area contributed by atoms with Gasteiger partial charge in [0.25, 0.3) is 11.8 Å². The molecule has 1 aromatic carbocycles. The van der Waals surface area contributed by atoms with Gasteiger partial charge >= 0.3 is 6.03 Å². The number of likely N-dealkylation sites (tertiary alicyclic amines) is 1. The SMILES string of the molecule is Cc1cc(C(=O)N2CC3CC2C2C(=O)N(c4ccc(C#N)c5ncccc45)C(=O)N32)no1. The van der Waals surface area contributed by atoms with E-state index in [1.165, 1.54) is 0 Å². The van der Waals surface area contributed by atoms with Crippen molar-refractivity contribution in [3.05, 3.63) is 53.5 Å². The van der Waals surface area contributed by atoms with E-state index in [4.69, 9.17) is 4.52 Å². The molecule has 5 heterocycles. The van der Waals surface area contributed by atoms with Gasteiger partial charge in [-0.15, -0.1) is 0 Å². The number of aryl methyl sites for hydroxylation is 1. The van der Waals surface area contributed by atoms with Gasteiger partial charge in [0.1, 0.15) is 17.9 Å². The fraction of sp³-hybridized carbons (Fsp3) is 0.273. The molecular formula is C22H16N6O4. The smallest absolute Gasteiger partial charge is 0.332 e. The van der Waals surface area contributed by atoms with E-state index in [1.54, 1.807) is 53.3 Å². The molecule has 3 unspecified atom stereocenters. The maximum Gasteiger partial charge on any atom is 0.332 e. The molecule has 10 nitrogen and oxygen atoms in total. The number of hydrogen-bond donors (Lipinski definition) is 0. The minimum atomic E-state index is -0.749. The summed E-state index contributed by atoms with van der Waals surface area (Å²) in [7, 11) is 0. The van der Waals surface area contributed by atoms with Gasteiger partial charge in [-0.3, -0.25) is 14.6 Å². The molecule has 3 atom stereocenters. The van der Waals surface area contributed by atoms with Crippen LogP contribution in [0, 0.1) is 18.3 Å². The summed E-state index contributed by atoms with van der Waals surface area (Å²) >= 11 is 0. The van der Waals surface area contributed by atoms with E-state index in [-0.39, 0.29) is 23.6 Å². The Morgan fingerprint density at radius 2 is 2.12 bits per heavy atom. The third kappa shape index (κ3) is 2.30. The van der Waals surface area contributed by atoms with Gasteiger partial charge in [0, 0.05) is 24.2 Å². The molecule has 3 fully saturated rings. The molecule has 0 N–H and O–H groups in total. The van der Waals surface area contributed by atoms with Crippen LogP contribution in [0.4, 0.5) is 10.5 Å². The van der Waals surface area contributed by atoms with E-state index in [0.29, 0.717) is 40.9 Å². The van der Waals surface area contributed by atoms with Gasteiger partial charge in [-0.2, -0.15) is 5.26 Å². The van der Waals surface area contributed by atoms with Crippen LogP contribution in [0.3, 0.4) is 0 Å². The largest absolute Gasteiger partial charge is 0.361 e. The highest BCUT2D eigenvalue weighted by Gasteiger charge is 2.63. The summed E-state index contributed by atoms with van der Waals surface area (Å²) < 4.78 is 5.02. The number of nitrogens with zero attached hydrogens (tertiary/aromatic N) is 6. The first-order valence-electron chi connectivity index (χ1n) is 10.2. The normalized spacial score (nSPS) is 23.9. The van der Waals surface area contributed by atoms with Crippen molar-refractivity contribution in [3.8, 4) is 6.07 Å². The zero-order chi connectivity index (χ0) is 22.1. The second-order valence-corrected chi connectivity index (χ2v) is 8.19. The molecular weight excluding hydrogens is 412 g/mol. The number of amides is 4. The van der Waals surface area contributed by atoms with Crippen LogP contribution in [0.2, 0.25) is 0 Å². The van der Waals surface area contributed by atoms with Gasteiger partial charge in [-0.05, 0) is 37.6 Å². The second-order valence-electron chi connectivity index (χ2n) is 8.19. The maximum absolute atomic E-state index is 13.5. The Hall–Kier alpha value is -4.26. The first-order chi connectivity index (χ1) is 15.5. The molecule has 32 heavy (non-hydrogen) atoms. The molecule has 3 aliphatic heterocycles. The van der Waals surface area contributed by atoms with E-state index in [0.717, 1.165) is 4.90 Å². The third-order valence-electron chi connectivity index (χ3n) is 6.48. The van der Waals surface area contributed by atoms with Crippen LogP contribution >= 0.6 is 0 Å². The Kier molecular flexibility index (Phi) is 3.68. The third-order valence-corrected chi connectivity index (χ3v) is 6.48. The van der Waals surface area contributed by atoms with Crippen LogP contribution in [-0.2, 0) is 4.79 Å². The molecule has 3 aliphatic rings. The maximum atomic E-state index is 13.5. The summed E-state index contributed by atoms with van der Waals surface area (Å²) in [4.78, 5) is 48.4.